The molecule has 0 N–H and O–H groups in total. The molecular formula is C21H22ClN3O3. The second kappa shape index (κ2) is 7.72. The highest BCUT2D eigenvalue weighted by Crippen LogP contribution is 2.34. The van der Waals surface area contributed by atoms with Crippen LogP contribution in [-0.2, 0) is 16.0 Å². The van der Waals surface area contributed by atoms with Crippen molar-refractivity contribution >= 4 is 35.0 Å². The summed E-state index contributed by atoms with van der Waals surface area (Å²) in [6.45, 7) is 2.51. The van der Waals surface area contributed by atoms with Gasteiger partial charge in [0.15, 0.2) is 0 Å². The molecule has 2 aromatic rings. The molecule has 146 valence electrons. The van der Waals surface area contributed by atoms with E-state index in [1.54, 1.807) is 9.80 Å². The van der Waals surface area contributed by atoms with Gasteiger partial charge in [0.25, 0.3) is 0 Å². The normalized spacial score (nSPS) is 18.8. The van der Waals surface area contributed by atoms with Crippen molar-refractivity contribution < 1.29 is 14.3 Å². The van der Waals surface area contributed by atoms with Crippen LogP contribution in [0.4, 0.5) is 16.2 Å². The molecule has 2 aromatic carbocycles. The standard InChI is InChI=1S/C21H22ClN3O3/c1-28-20(26)19-14-15-6-2-4-8-17(15)25(19)21(27)24-12-10-23(11-13-24)18-9-5-3-7-16(18)22/h2-9,19H,10-14H2,1H3. The van der Waals surface area contributed by atoms with E-state index in [1.807, 2.05) is 48.5 Å². The number of fused-ring (bicyclic) bond motifs is 1. The zero-order valence-corrected chi connectivity index (χ0v) is 16.4. The second-order valence-electron chi connectivity index (χ2n) is 6.95. The minimum Gasteiger partial charge on any atom is -0.467 e. The average molecular weight is 400 g/mol. The number of hydrogen-bond acceptors (Lipinski definition) is 4. The molecule has 1 atom stereocenters. The fraction of sp³-hybridized carbons (Fsp3) is 0.333. The summed E-state index contributed by atoms with van der Waals surface area (Å²) < 4.78 is 4.95. The van der Waals surface area contributed by atoms with E-state index >= 15 is 0 Å². The van der Waals surface area contributed by atoms with E-state index in [0.717, 1.165) is 16.9 Å². The lowest BCUT2D eigenvalue weighted by Gasteiger charge is -2.39. The number of para-hydroxylation sites is 2. The molecule has 2 heterocycles. The fourth-order valence-corrected chi connectivity index (χ4v) is 4.20. The molecule has 1 unspecified atom stereocenters. The largest absolute Gasteiger partial charge is 0.467 e. The maximum Gasteiger partial charge on any atom is 0.329 e. The quantitative estimate of drug-likeness (QED) is 0.728. The van der Waals surface area contributed by atoms with Crippen LogP contribution >= 0.6 is 11.6 Å². The topological polar surface area (TPSA) is 53.1 Å². The molecule has 2 aliphatic rings. The van der Waals surface area contributed by atoms with Crippen molar-refractivity contribution in [3.05, 3.63) is 59.1 Å². The van der Waals surface area contributed by atoms with Gasteiger partial charge in [-0.3, -0.25) is 4.90 Å². The van der Waals surface area contributed by atoms with Crippen molar-refractivity contribution in [1.82, 2.24) is 4.90 Å². The van der Waals surface area contributed by atoms with Crippen LogP contribution in [-0.4, -0.2) is 56.2 Å². The lowest BCUT2D eigenvalue weighted by atomic mass is 10.1. The van der Waals surface area contributed by atoms with Gasteiger partial charge in [-0.1, -0.05) is 41.9 Å². The highest BCUT2D eigenvalue weighted by molar-refractivity contribution is 6.33. The number of benzene rings is 2. The van der Waals surface area contributed by atoms with Crippen LogP contribution in [0.1, 0.15) is 5.56 Å². The molecule has 0 bridgehead atoms. The van der Waals surface area contributed by atoms with E-state index in [1.165, 1.54) is 7.11 Å². The number of methoxy groups -OCH3 is 1. The third-order valence-electron chi connectivity index (χ3n) is 5.40. The van der Waals surface area contributed by atoms with Crippen LogP contribution in [0, 0.1) is 0 Å². The Morgan fingerprint density at radius 1 is 0.964 bits per heavy atom. The number of ether oxygens (including phenoxy) is 1. The first-order valence-electron chi connectivity index (χ1n) is 9.33. The summed E-state index contributed by atoms with van der Waals surface area (Å²) in [6, 6.07) is 14.6. The van der Waals surface area contributed by atoms with E-state index in [9.17, 15) is 9.59 Å². The van der Waals surface area contributed by atoms with Crippen LogP contribution in [0.2, 0.25) is 5.02 Å². The number of anilines is 2. The van der Waals surface area contributed by atoms with Crippen molar-refractivity contribution in [3.63, 3.8) is 0 Å². The zero-order chi connectivity index (χ0) is 19.7. The molecule has 28 heavy (non-hydrogen) atoms. The third kappa shape index (κ3) is 3.29. The van der Waals surface area contributed by atoms with Crippen LogP contribution in [0.15, 0.2) is 48.5 Å². The van der Waals surface area contributed by atoms with E-state index < -0.39 is 6.04 Å². The van der Waals surface area contributed by atoms with Crippen molar-refractivity contribution in [2.75, 3.05) is 43.1 Å². The molecule has 0 spiro atoms. The summed E-state index contributed by atoms with van der Waals surface area (Å²) >= 11 is 6.30. The maximum atomic E-state index is 13.3. The summed E-state index contributed by atoms with van der Waals surface area (Å²) in [6.07, 6.45) is 0.480. The van der Waals surface area contributed by atoms with Gasteiger partial charge < -0.3 is 14.5 Å². The molecule has 0 radical (unpaired) electrons. The molecule has 2 amide bonds. The van der Waals surface area contributed by atoms with Crippen molar-refractivity contribution in [2.45, 2.75) is 12.5 Å². The number of halogens is 1. The molecular weight excluding hydrogens is 378 g/mol. The zero-order valence-electron chi connectivity index (χ0n) is 15.7. The Balaban J connectivity index is 1.51. The predicted octanol–water partition coefficient (Wildman–Crippen LogP) is 3.19. The number of amides is 2. The number of urea groups is 1. The summed E-state index contributed by atoms with van der Waals surface area (Å²) in [5.74, 6) is -0.390. The van der Waals surface area contributed by atoms with E-state index in [-0.39, 0.29) is 12.0 Å². The molecule has 7 heteroatoms. The Bertz CT molecular complexity index is 896. The average Bonchev–Trinajstić information content (AvgIpc) is 3.13. The van der Waals surface area contributed by atoms with Crippen LogP contribution in [0.5, 0.6) is 0 Å². The van der Waals surface area contributed by atoms with Gasteiger partial charge in [-0.2, -0.15) is 0 Å². The van der Waals surface area contributed by atoms with Crippen molar-refractivity contribution in [1.29, 1.82) is 0 Å². The summed E-state index contributed by atoms with van der Waals surface area (Å²) in [5, 5.41) is 0.710. The van der Waals surface area contributed by atoms with Crippen LogP contribution in [0.25, 0.3) is 0 Å². The molecule has 1 fully saturated rings. The molecule has 0 saturated carbocycles. The summed E-state index contributed by atoms with van der Waals surface area (Å²) in [5.41, 5.74) is 2.76. The number of hydrogen-bond donors (Lipinski definition) is 0. The first-order valence-corrected chi connectivity index (χ1v) is 9.71. The molecule has 4 rings (SSSR count). The SMILES string of the molecule is COC(=O)C1Cc2ccccc2N1C(=O)N1CCN(c2ccccc2Cl)CC1. The van der Waals surface area contributed by atoms with Gasteiger partial charge in [-0.05, 0) is 23.8 Å². The smallest absolute Gasteiger partial charge is 0.329 e. The van der Waals surface area contributed by atoms with Gasteiger partial charge in [-0.25, -0.2) is 9.59 Å². The second-order valence-corrected chi connectivity index (χ2v) is 7.36. The lowest BCUT2D eigenvalue weighted by molar-refractivity contribution is -0.141. The lowest BCUT2D eigenvalue weighted by Crippen LogP contribution is -2.55. The highest BCUT2D eigenvalue weighted by atomic mass is 35.5. The molecule has 2 aliphatic heterocycles. The molecule has 0 aromatic heterocycles. The summed E-state index contributed by atoms with van der Waals surface area (Å²) in [7, 11) is 1.36. The van der Waals surface area contributed by atoms with Gasteiger partial charge in [0, 0.05) is 38.3 Å². The number of esters is 1. The molecule has 6 nitrogen and oxygen atoms in total. The molecule has 0 aliphatic carbocycles. The van der Waals surface area contributed by atoms with Crippen LogP contribution < -0.4 is 9.80 Å². The first-order chi connectivity index (χ1) is 13.6. The van der Waals surface area contributed by atoms with Gasteiger partial charge in [-0.15, -0.1) is 0 Å². The Hall–Kier alpha value is -2.73. The number of carbonyl (C=O) groups excluding carboxylic acids is 2. The minimum absolute atomic E-state index is 0.154. The van der Waals surface area contributed by atoms with Gasteiger partial charge in [0.05, 0.1) is 17.8 Å². The minimum atomic E-state index is -0.614. The monoisotopic (exact) mass is 399 g/mol. The van der Waals surface area contributed by atoms with Gasteiger partial charge >= 0.3 is 12.0 Å². The number of rotatable bonds is 2. The van der Waals surface area contributed by atoms with Crippen molar-refractivity contribution in [3.8, 4) is 0 Å². The number of carbonyl (C=O) groups is 2. The Morgan fingerprint density at radius 2 is 1.61 bits per heavy atom. The number of piperazine rings is 1. The van der Waals surface area contributed by atoms with Gasteiger partial charge in [0.1, 0.15) is 6.04 Å². The Morgan fingerprint density at radius 3 is 2.29 bits per heavy atom. The van der Waals surface area contributed by atoms with E-state index in [0.29, 0.717) is 37.6 Å². The first kappa shape index (κ1) is 18.6. The Kier molecular flexibility index (Phi) is 5.13. The van der Waals surface area contributed by atoms with Crippen molar-refractivity contribution in [2.24, 2.45) is 0 Å². The van der Waals surface area contributed by atoms with Crippen LogP contribution in [0.3, 0.4) is 0 Å². The highest BCUT2D eigenvalue weighted by Gasteiger charge is 2.41. The van der Waals surface area contributed by atoms with Gasteiger partial charge in [0.2, 0.25) is 0 Å². The third-order valence-corrected chi connectivity index (χ3v) is 5.72. The van der Waals surface area contributed by atoms with E-state index in [2.05, 4.69) is 4.90 Å². The van der Waals surface area contributed by atoms with E-state index in [4.69, 9.17) is 16.3 Å². The predicted molar refractivity (Wildman–Crippen MR) is 109 cm³/mol. The Labute approximate surface area is 169 Å². The fourth-order valence-electron chi connectivity index (χ4n) is 3.95. The summed E-state index contributed by atoms with van der Waals surface area (Å²) in [4.78, 5) is 31.2. The maximum absolute atomic E-state index is 13.3. The molecule has 1 saturated heterocycles. The number of nitrogens with zero attached hydrogens (tertiary/aromatic N) is 3.